The van der Waals surface area contributed by atoms with Gasteiger partial charge in [0.05, 0.1) is 0 Å². The third-order valence-corrected chi connectivity index (χ3v) is 2.13. The van der Waals surface area contributed by atoms with Crippen LogP contribution in [0.25, 0.3) is 0 Å². The van der Waals surface area contributed by atoms with Gasteiger partial charge < -0.3 is 4.84 Å². The molecule has 1 aliphatic carbocycles. The Labute approximate surface area is 80.7 Å². The van der Waals surface area contributed by atoms with Crippen LogP contribution in [-0.2, 0) is 4.84 Å². The largest absolute Gasteiger partial charge is 0.395 e. The molecule has 0 N–H and O–H groups in total. The molecule has 0 saturated heterocycles. The van der Waals surface area contributed by atoms with Gasteiger partial charge in [-0.05, 0) is 37.7 Å². The average Bonchev–Trinajstić information content (AvgIpc) is 2.19. The second-order valence-electron chi connectivity index (χ2n) is 3.37. The molecule has 0 aromatic heterocycles. The van der Waals surface area contributed by atoms with Gasteiger partial charge in [0.1, 0.15) is 12.8 Å². The van der Waals surface area contributed by atoms with E-state index in [1.807, 2.05) is 0 Å². The van der Waals surface area contributed by atoms with Crippen LogP contribution in [-0.4, -0.2) is 12.8 Å². The molecule has 2 nitrogen and oxygen atoms in total. The number of allylic oxidation sites excluding steroid dienone is 2. The summed E-state index contributed by atoms with van der Waals surface area (Å²) in [6.45, 7) is 2.86. The molecule has 0 saturated carbocycles. The second-order valence-corrected chi connectivity index (χ2v) is 3.37. The highest BCUT2D eigenvalue weighted by molar-refractivity contribution is 5.78. The van der Waals surface area contributed by atoms with Crippen molar-refractivity contribution in [2.24, 2.45) is 5.16 Å². The van der Waals surface area contributed by atoms with Crippen molar-refractivity contribution in [1.82, 2.24) is 0 Å². The SMILES string of the molecule is CCCCO/N=[C]\C1=CCCCC1. The maximum Gasteiger partial charge on any atom is 0.135 e. The van der Waals surface area contributed by atoms with Crippen LogP contribution >= 0.6 is 0 Å². The van der Waals surface area contributed by atoms with Crippen molar-refractivity contribution in [2.45, 2.75) is 45.4 Å². The lowest BCUT2D eigenvalue weighted by Crippen LogP contribution is -1.94. The van der Waals surface area contributed by atoms with E-state index in [1.54, 1.807) is 0 Å². The van der Waals surface area contributed by atoms with Gasteiger partial charge in [0, 0.05) is 0 Å². The first-order chi connectivity index (χ1) is 6.43. The third-order valence-electron chi connectivity index (χ3n) is 2.13. The predicted molar refractivity (Wildman–Crippen MR) is 54.8 cm³/mol. The van der Waals surface area contributed by atoms with Gasteiger partial charge in [0.25, 0.3) is 0 Å². The van der Waals surface area contributed by atoms with Crippen LogP contribution in [0.3, 0.4) is 0 Å². The fraction of sp³-hybridized carbons (Fsp3) is 0.727. The Morgan fingerprint density at radius 1 is 1.54 bits per heavy atom. The highest BCUT2D eigenvalue weighted by Gasteiger charge is 2.00. The number of rotatable bonds is 5. The van der Waals surface area contributed by atoms with E-state index in [-0.39, 0.29) is 0 Å². The number of hydrogen-bond donors (Lipinski definition) is 0. The van der Waals surface area contributed by atoms with Crippen molar-refractivity contribution in [2.75, 3.05) is 6.61 Å². The van der Waals surface area contributed by atoms with Crippen LogP contribution in [0.2, 0.25) is 0 Å². The molecule has 0 amide bonds. The molecule has 0 aliphatic heterocycles. The minimum absolute atomic E-state index is 0.719. The van der Waals surface area contributed by atoms with E-state index in [0.717, 1.165) is 25.9 Å². The topological polar surface area (TPSA) is 21.6 Å². The van der Waals surface area contributed by atoms with Crippen LogP contribution < -0.4 is 0 Å². The summed E-state index contributed by atoms with van der Waals surface area (Å²) in [6, 6.07) is 0. The minimum Gasteiger partial charge on any atom is -0.395 e. The fourth-order valence-electron chi connectivity index (χ4n) is 1.29. The van der Waals surface area contributed by atoms with Gasteiger partial charge in [0.15, 0.2) is 0 Å². The molecule has 0 aromatic rings. The van der Waals surface area contributed by atoms with Crippen molar-refractivity contribution in [3.05, 3.63) is 11.6 Å². The molecule has 1 rings (SSSR count). The molecule has 0 unspecified atom stereocenters. The Morgan fingerprint density at radius 3 is 3.15 bits per heavy atom. The first-order valence-electron chi connectivity index (χ1n) is 5.20. The molecule has 0 fully saturated rings. The molecule has 73 valence electrons. The number of nitrogens with zero attached hydrogens (tertiary/aromatic N) is 1. The van der Waals surface area contributed by atoms with Gasteiger partial charge in [0.2, 0.25) is 0 Å². The molecular weight excluding hydrogens is 162 g/mol. The second kappa shape index (κ2) is 6.70. The monoisotopic (exact) mass is 180 g/mol. The highest BCUT2D eigenvalue weighted by atomic mass is 16.6. The molecule has 0 bridgehead atoms. The molecule has 1 aliphatic rings. The Kier molecular flexibility index (Phi) is 5.30. The van der Waals surface area contributed by atoms with Crippen LogP contribution in [0, 0.1) is 0 Å². The smallest absolute Gasteiger partial charge is 0.135 e. The summed E-state index contributed by atoms with van der Waals surface area (Å²) in [5, 5.41) is 3.81. The van der Waals surface area contributed by atoms with Crippen LogP contribution in [0.1, 0.15) is 45.4 Å². The highest BCUT2D eigenvalue weighted by Crippen LogP contribution is 2.15. The summed E-state index contributed by atoms with van der Waals surface area (Å²) < 4.78 is 0. The summed E-state index contributed by atoms with van der Waals surface area (Å²) in [5.41, 5.74) is 1.21. The fourth-order valence-corrected chi connectivity index (χ4v) is 1.29. The summed E-state index contributed by atoms with van der Waals surface area (Å²) in [5.74, 6) is 0. The summed E-state index contributed by atoms with van der Waals surface area (Å²) in [4.78, 5) is 5.05. The van der Waals surface area contributed by atoms with E-state index in [9.17, 15) is 0 Å². The lowest BCUT2D eigenvalue weighted by atomic mass is 10.0. The average molecular weight is 180 g/mol. The van der Waals surface area contributed by atoms with Crippen LogP contribution in [0.4, 0.5) is 0 Å². The lowest BCUT2D eigenvalue weighted by molar-refractivity contribution is 0.142. The van der Waals surface area contributed by atoms with Gasteiger partial charge in [-0.15, -0.1) is 0 Å². The predicted octanol–water partition coefficient (Wildman–Crippen LogP) is 3.17. The minimum atomic E-state index is 0.719. The van der Waals surface area contributed by atoms with E-state index in [1.165, 1.54) is 24.8 Å². The molecular formula is C11H18NO. The van der Waals surface area contributed by atoms with Gasteiger partial charge in [-0.1, -0.05) is 24.6 Å². The zero-order valence-electron chi connectivity index (χ0n) is 8.38. The van der Waals surface area contributed by atoms with E-state index >= 15 is 0 Å². The molecule has 2 heteroatoms. The van der Waals surface area contributed by atoms with Gasteiger partial charge in [-0.2, -0.15) is 0 Å². The Morgan fingerprint density at radius 2 is 2.46 bits per heavy atom. The van der Waals surface area contributed by atoms with E-state index < -0.39 is 0 Å². The summed E-state index contributed by atoms with van der Waals surface area (Å²) in [6.07, 6.45) is 12.2. The number of unbranched alkanes of at least 4 members (excludes halogenated alkanes) is 1. The molecule has 0 aromatic carbocycles. The zero-order valence-corrected chi connectivity index (χ0v) is 8.38. The third kappa shape index (κ3) is 4.71. The Bertz CT molecular complexity index is 185. The first-order valence-corrected chi connectivity index (χ1v) is 5.20. The van der Waals surface area contributed by atoms with E-state index in [4.69, 9.17) is 4.84 Å². The van der Waals surface area contributed by atoms with E-state index in [2.05, 4.69) is 24.4 Å². The van der Waals surface area contributed by atoms with Crippen LogP contribution in [0.15, 0.2) is 16.8 Å². The number of hydrogen-bond acceptors (Lipinski definition) is 2. The summed E-state index contributed by atoms with van der Waals surface area (Å²) >= 11 is 0. The first kappa shape index (κ1) is 10.3. The maximum atomic E-state index is 5.05. The standard InChI is InChI=1S/C11H18NO/c1-2-3-9-13-12-10-11-7-5-4-6-8-11/h7H,2-6,8-9H2,1H3. The van der Waals surface area contributed by atoms with Crippen molar-refractivity contribution in [1.29, 1.82) is 0 Å². The van der Waals surface area contributed by atoms with Crippen molar-refractivity contribution >= 4 is 6.21 Å². The Hall–Kier alpha value is -0.790. The quantitative estimate of drug-likeness (QED) is 0.362. The zero-order chi connectivity index (χ0) is 9.36. The maximum absolute atomic E-state index is 5.05. The van der Waals surface area contributed by atoms with Gasteiger partial charge in [-0.25, -0.2) is 0 Å². The van der Waals surface area contributed by atoms with Gasteiger partial charge in [-0.3, -0.25) is 0 Å². The van der Waals surface area contributed by atoms with Crippen LogP contribution in [0.5, 0.6) is 0 Å². The van der Waals surface area contributed by atoms with Crippen molar-refractivity contribution in [3.63, 3.8) is 0 Å². The van der Waals surface area contributed by atoms with Crippen molar-refractivity contribution in [3.8, 4) is 0 Å². The van der Waals surface area contributed by atoms with Crippen molar-refractivity contribution < 1.29 is 4.84 Å². The van der Waals surface area contributed by atoms with Gasteiger partial charge >= 0.3 is 0 Å². The Balaban J connectivity index is 2.11. The molecule has 13 heavy (non-hydrogen) atoms. The summed E-state index contributed by atoms with van der Waals surface area (Å²) in [7, 11) is 0. The normalized spacial score (nSPS) is 17.5. The molecule has 0 spiro atoms. The molecule has 1 radical (unpaired) electrons. The molecule has 0 atom stereocenters. The lowest BCUT2D eigenvalue weighted by Gasteiger charge is -2.06. The molecule has 0 heterocycles. The van der Waals surface area contributed by atoms with E-state index in [0.29, 0.717) is 0 Å².